The van der Waals surface area contributed by atoms with Gasteiger partial charge in [0.25, 0.3) is 0 Å². The third kappa shape index (κ3) is 6.35. The van der Waals surface area contributed by atoms with Gasteiger partial charge in [0.2, 0.25) is 15.9 Å². The molecule has 11 nitrogen and oxygen atoms in total. The van der Waals surface area contributed by atoms with Gasteiger partial charge in [-0.05, 0) is 42.5 Å². The van der Waals surface area contributed by atoms with Crippen molar-refractivity contribution in [3.63, 3.8) is 0 Å². The van der Waals surface area contributed by atoms with Crippen LogP contribution >= 0.6 is 0 Å². The molecule has 1 aliphatic heterocycles. The van der Waals surface area contributed by atoms with Gasteiger partial charge >= 0.3 is 11.9 Å². The molecular formula is C23H27N3O8S. The molecule has 35 heavy (non-hydrogen) atoms. The van der Waals surface area contributed by atoms with Crippen molar-refractivity contribution in [2.24, 2.45) is 0 Å². The molecule has 0 bridgehead atoms. The average Bonchev–Trinajstić information content (AvgIpc) is 2.87. The Kier molecular flexibility index (Phi) is 8.43. The number of sulfonamides is 1. The van der Waals surface area contributed by atoms with Crippen LogP contribution in [0.3, 0.4) is 0 Å². The highest BCUT2D eigenvalue weighted by Crippen LogP contribution is 2.21. The van der Waals surface area contributed by atoms with Gasteiger partial charge in [0, 0.05) is 31.9 Å². The van der Waals surface area contributed by atoms with Gasteiger partial charge < -0.3 is 19.5 Å². The van der Waals surface area contributed by atoms with Crippen molar-refractivity contribution in [3.05, 3.63) is 53.6 Å². The van der Waals surface area contributed by atoms with Crippen LogP contribution in [0.4, 0.5) is 5.69 Å². The second-order valence-electron chi connectivity index (χ2n) is 7.69. The number of piperazine rings is 1. The Hall–Kier alpha value is -3.48. The smallest absolute Gasteiger partial charge is 0.337 e. The van der Waals surface area contributed by atoms with Crippen LogP contribution in [0.1, 0.15) is 20.7 Å². The molecule has 12 heteroatoms. The Morgan fingerprint density at radius 2 is 1.40 bits per heavy atom. The van der Waals surface area contributed by atoms with Crippen molar-refractivity contribution >= 4 is 33.6 Å². The van der Waals surface area contributed by atoms with E-state index < -0.39 is 22.0 Å². The fourth-order valence-electron chi connectivity index (χ4n) is 3.60. The van der Waals surface area contributed by atoms with Gasteiger partial charge in [0.15, 0.2) is 0 Å². The van der Waals surface area contributed by atoms with Crippen LogP contribution in [0, 0.1) is 0 Å². The first-order valence-corrected chi connectivity index (χ1v) is 12.1. The predicted octanol–water partition coefficient (Wildman–Crippen LogP) is 1.21. The quantitative estimate of drug-likeness (QED) is 0.526. The van der Waals surface area contributed by atoms with Gasteiger partial charge in [-0.25, -0.2) is 18.0 Å². The van der Waals surface area contributed by atoms with Gasteiger partial charge in [0.05, 0.1) is 43.9 Å². The van der Waals surface area contributed by atoms with Crippen LogP contribution in [0.15, 0.2) is 47.4 Å². The van der Waals surface area contributed by atoms with Crippen molar-refractivity contribution in [2.75, 3.05) is 59.4 Å². The van der Waals surface area contributed by atoms with Gasteiger partial charge in [-0.1, -0.05) is 0 Å². The number of carbonyl (C=O) groups excluding carboxylic acids is 3. The number of anilines is 1. The van der Waals surface area contributed by atoms with E-state index in [0.29, 0.717) is 18.8 Å². The molecule has 0 saturated carbocycles. The van der Waals surface area contributed by atoms with Crippen LogP contribution in [0.5, 0.6) is 5.75 Å². The molecule has 0 aliphatic carbocycles. The van der Waals surface area contributed by atoms with Gasteiger partial charge in [-0.2, -0.15) is 4.31 Å². The second kappa shape index (κ2) is 11.3. The van der Waals surface area contributed by atoms with E-state index in [0.717, 1.165) is 0 Å². The van der Waals surface area contributed by atoms with Crippen molar-refractivity contribution in [1.82, 2.24) is 9.21 Å². The summed E-state index contributed by atoms with van der Waals surface area (Å²) in [4.78, 5) is 38.5. The lowest BCUT2D eigenvalue weighted by atomic mass is 10.1. The summed E-state index contributed by atoms with van der Waals surface area (Å²) in [5.74, 6) is -1.15. The molecule has 1 aliphatic rings. The number of hydrogen-bond donors (Lipinski definition) is 1. The number of nitrogens with one attached hydrogen (secondary N) is 1. The minimum atomic E-state index is -3.66. The van der Waals surface area contributed by atoms with Crippen LogP contribution in [-0.2, 0) is 24.3 Å². The monoisotopic (exact) mass is 505 g/mol. The topological polar surface area (TPSA) is 132 Å². The first-order valence-electron chi connectivity index (χ1n) is 10.7. The summed E-state index contributed by atoms with van der Waals surface area (Å²) in [5.41, 5.74) is 0.408. The van der Waals surface area contributed by atoms with E-state index in [1.807, 2.05) is 4.90 Å². The maximum atomic E-state index is 12.9. The molecule has 188 valence electrons. The van der Waals surface area contributed by atoms with Crippen LogP contribution in [0.2, 0.25) is 0 Å². The average molecular weight is 506 g/mol. The highest BCUT2D eigenvalue weighted by atomic mass is 32.2. The van der Waals surface area contributed by atoms with E-state index in [4.69, 9.17) is 14.2 Å². The molecule has 0 unspecified atom stereocenters. The summed E-state index contributed by atoms with van der Waals surface area (Å²) in [6.07, 6.45) is 0. The maximum Gasteiger partial charge on any atom is 0.337 e. The van der Waals surface area contributed by atoms with Crippen LogP contribution < -0.4 is 10.1 Å². The first-order chi connectivity index (χ1) is 16.7. The van der Waals surface area contributed by atoms with Crippen molar-refractivity contribution in [2.45, 2.75) is 4.90 Å². The zero-order valence-corrected chi connectivity index (χ0v) is 20.5. The lowest BCUT2D eigenvalue weighted by Crippen LogP contribution is -2.50. The zero-order valence-electron chi connectivity index (χ0n) is 19.6. The number of hydrogen-bond acceptors (Lipinski definition) is 9. The maximum absolute atomic E-state index is 12.9. The fourth-order valence-corrected chi connectivity index (χ4v) is 5.02. The van der Waals surface area contributed by atoms with E-state index >= 15 is 0 Å². The minimum absolute atomic E-state index is 0.00638. The molecule has 0 aromatic heterocycles. The summed E-state index contributed by atoms with van der Waals surface area (Å²) in [5, 5.41) is 2.67. The summed E-state index contributed by atoms with van der Waals surface area (Å²) in [6.45, 7) is 1.18. The third-order valence-corrected chi connectivity index (χ3v) is 7.37. The number of esters is 2. The molecule has 0 radical (unpaired) electrons. The molecule has 2 aromatic carbocycles. The minimum Gasteiger partial charge on any atom is -0.497 e. The standard InChI is InChI=1S/C23H27N3O8S/c1-32-19-4-6-20(7-5-19)35(30,31)26-10-8-25(9-11-26)15-21(27)24-18-13-16(22(28)33-2)12-17(14-18)23(29)34-3/h4-7,12-14H,8-11,15H2,1-3H3,(H,24,27). The number of methoxy groups -OCH3 is 3. The molecular weight excluding hydrogens is 478 g/mol. The Morgan fingerprint density at radius 3 is 1.89 bits per heavy atom. The summed E-state index contributed by atoms with van der Waals surface area (Å²) < 4.78 is 41.6. The molecule has 3 rings (SSSR count). The highest BCUT2D eigenvalue weighted by Gasteiger charge is 2.29. The summed E-state index contributed by atoms with van der Waals surface area (Å²) in [7, 11) is 0.268. The van der Waals surface area contributed by atoms with Gasteiger partial charge in [0.1, 0.15) is 5.75 Å². The Balaban J connectivity index is 1.61. The Labute approximate surface area is 203 Å². The lowest BCUT2D eigenvalue weighted by Gasteiger charge is -2.33. The van der Waals surface area contributed by atoms with Crippen molar-refractivity contribution in [1.29, 1.82) is 0 Å². The number of amides is 1. The molecule has 1 heterocycles. The van der Waals surface area contributed by atoms with E-state index in [2.05, 4.69) is 5.32 Å². The van der Waals surface area contributed by atoms with Gasteiger partial charge in [-0.15, -0.1) is 0 Å². The number of rotatable bonds is 8. The molecule has 1 N–H and O–H groups in total. The molecule has 1 amide bonds. The number of ether oxygens (including phenoxy) is 3. The summed E-state index contributed by atoms with van der Waals surface area (Å²) >= 11 is 0. The zero-order chi connectivity index (χ0) is 25.6. The van der Waals surface area contributed by atoms with Crippen LogP contribution in [0.25, 0.3) is 0 Å². The Bertz CT molecular complexity index is 1160. The normalized spacial score (nSPS) is 14.7. The number of carbonyl (C=O) groups is 3. The van der Waals surface area contributed by atoms with Gasteiger partial charge in [-0.3, -0.25) is 9.69 Å². The number of nitrogens with zero attached hydrogens (tertiary/aromatic N) is 2. The molecule has 2 aromatic rings. The van der Waals surface area contributed by atoms with Crippen molar-refractivity contribution < 1.29 is 37.0 Å². The fraction of sp³-hybridized carbons (Fsp3) is 0.348. The van der Waals surface area contributed by atoms with E-state index in [1.54, 1.807) is 12.1 Å². The predicted molar refractivity (Wildman–Crippen MR) is 126 cm³/mol. The molecule has 0 atom stereocenters. The van der Waals surface area contributed by atoms with Crippen LogP contribution in [-0.4, -0.2) is 89.5 Å². The number of benzene rings is 2. The molecule has 1 saturated heterocycles. The molecule has 0 spiro atoms. The van der Waals surface area contributed by atoms with E-state index in [9.17, 15) is 22.8 Å². The van der Waals surface area contributed by atoms with E-state index in [-0.39, 0.29) is 47.3 Å². The summed E-state index contributed by atoms with van der Waals surface area (Å²) in [6, 6.07) is 10.3. The third-order valence-electron chi connectivity index (χ3n) is 5.45. The lowest BCUT2D eigenvalue weighted by molar-refractivity contribution is -0.117. The second-order valence-corrected chi connectivity index (χ2v) is 9.62. The highest BCUT2D eigenvalue weighted by molar-refractivity contribution is 7.89. The first kappa shape index (κ1) is 26.1. The molecule has 1 fully saturated rings. The Morgan fingerprint density at radius 1 is 0.857 bits per heavy atom. The SMILES string of the molecule is COC(=O)c1cc(NC(=O)CN2CCN(S(=O)(=O)c3ccc(OC)cc3)CC2)cc(C(=O)OC)c1. The van der Waals surface area contributed by atoms with Crippen molar-refractivity contribution in [3.8, 4) is 5.75 Å². The van der Waals surface area contributed by atoms with E-state index in [1.165, 1.54) is 56.0 Å². The largest absolute Gasteiger partial charge is 0.497 e.